The summed E-state index contributed by atoms with van der Waals surface area (Å²) in [5, 5.41) is 9.78. The number of aromatic nitrogens is 1. The maximum absolute atomic E-state index is 10.8. The van der Waals surface area contributed by atoms with E-state index >= 15 is 0 Å². The van der Waals surface area contributed by atoms with E-state index in [0.717, 1.165) is 20.8 Å². The Morgan fingerprint density at radius 1 is 1.05 bits per heavy atom. The van der Waals surface area contributed by atoms with Crippen LogP contribution in [-0.4, -0.2) is 16.1 Å². The van der Waals surface area contributed by atoms with E-state index in [4.69, 9.17) is 5.11 Å². The van der Waals surface area contributed by atoms with Crippen molar-refractivity contribution in [1.29, 1.82) is 0 Å². The summed E-state index contributed by atoms with van der Waals surface area (Å²) < 4.78 is 1.16. The van der Waals surface area contributed by atoms with Crippen molar-refractivity contribution in [1.82, 2.24) is 4.98 Å². The lowest BCUT2D eigenvalue weighted by Crippen LogP contribution is -1.94. The predicted octanol–water partition coefficient (Wildman–Crippen LogP) is 4.16. The number of fused-ring (bicyclic) bond motifs is 1. The molecule has 0 bridgehead atoms. The van der Waals surface area contributed by atoms with Gasteiger partial charge < -0.3 is 5.11 Å². The van der Waals surface area contributed by atoms with Gasteiger partial charge in [-0.25, -0.2) is 9.78 Å². The zero-order valence-electron chi connectivity index (χ0n) is 10.5. The minimum absolute atomic E-state index is 0.294. The average molecular weight is 281 g/mol. The van der Waals surface area contributed by atoms with E-state index in [1.165, 1.54) is 0 Å². The second-order valence-electron chi connectivity index (χ2n) is 4.28. The molecule has 1 heterocycles. The van der Waals surface area contributed by atoms with Crippen LogP contribution < -0.4 is 0 Å². The van der Waals surface area contributed by atoms with Crippen molar-refractivity contribution in [2.45, 2.75) is 0 Å². The number of benzene rings is 2. The number of hydrogen-bond donors (Lipinski definition) is 1. The minimum Gasteiger partial charge on any atom is -0.478 e. The molecule has 0 amide bonds. The maximum Gasteiger partial charge on any atom is 0.335 e. The molecule has 3 aromatic rings. The summed E-state index contributed by atoms with van der Waals surface area (Å²) >= 11 is 1.63. The van der Waals surface area contributed by atoms with Crippen LogP contribution in [0.5, 0.6) is 0 Å². The number of nitrogens with zero attached hydrogens (tertiary/aromatic N) is 1. The molecule has 0 fully saturated rings. The Labute approximate surface area is 119 Å². The van der Waals surface area contributed by atoms with Crippen LogP contribution in [-0.2, 0) is 0 Å². The molecule has 3 nitrogen and oxygen atoms in total. The molecular weight excluding hydrogens is 270 g/mol. The average Bonchev–Trinajstić information content (AvgIpc) is 2.88. The molecule has 3 rings (SSSR count). The standard InChI is InChI=1S/C16H11NO2S/c18-16(19)12-8-5-11(6-9-12)7-10-15-17-13-3-1-2-4-14(13)20-15/h1-10H,(H,18,19). The molecule has 0 aliphatic carbocycles. The summed E-state index contributed by atoms with van der Waals surface area (Å²) in [6.07, 6.45) is 3.88. The summed E-state index contributed by atoms with van der Waals surface area (Å²) in [6, 6.07) is 14.8. The van der Waals surface area contributed by atoms with Crippen LogP contribution in [0.4, 0.5) is 0 Å². The fourth-order valence-corrected chi connectivity index (χ4v) is 2.74. The Hall–Kier alpha value is -2.46. The van der Waals surface area contributed by atoms with Crippen molar-refractivity contribution in [2.75, 3.05) is 0 Å². The quantitative estimate of drug-likeness (QED) is 0.784. The van der Waals surface area contributed by atoms with Gasteiger partial charge in [0.2, 0.25) is 0 Å². The van der Waals surface area contributed by atoms with Crippen molar-refractivity contribution in [3.05, 3.63) is 64.7 Å². The topological polar surface area (TPSA) is 50.2 Å². The van der Waals surface area contributed by atoms with Crippen molar-refractivity contribution in [2.24, 2.45) is 0 Å². The first-order chi connectivity index (χ1) is 9.72. The van der Waals surface area contributed by atoms with Gasteiger partial charge in [0.25, 0.3) is 0 Å². The molecular formula is C16H11NO2S. The number of rotatable bonds is 3. The molecule has 20 heavy (non-hydrogen) atoms. The van der Waals surface area contributed by atoms with Crippen molar-refractivity contribution in [3.63, 3.8) is 0 Å². The van der Waals surface area contributed by atoms with Gasteiger partial charge in [0.15, 0.2) is 0 Å². The van der Waals surface area contributed by atoms with E-state index in [1.807, 2.05) is 36.4 Å². The van der Waals surface area contributed by atoms with Gasteiger partial charge in [0.05, 0.1) is 15.8 Å². The zero-order valence-corrected chi connectivity index (χ0v) is 11.3. The Kier molecular flexibility index (Phi) is 3.31. The molecule has 1 N–H and O–H groups in total. The summed E-state index contributed by atoms with van der Waals surface area (Å²) in [7, 11) is 0. The highest BCUT2D eigenvalue weighted by atomic mass is 32.1. The first kappa shape index (κ1) is 12.6. The number of carboxylic acids is 1. The number of hydrogen-bond acceptors (Lipinski definition) is 3. The van der Waals surface area contributed by atoms with Crippen LogP contribution in [0.2, 0.25) is 0 Å². The highest BCUT2D eigenvalue weighted by Gasteiger charge is 2.01. The first-order valence-corrected chi connectivity index (χ1v) is 6.91. The number of carbonyl (C=O) groups is 1. The third-order valence-corrected chi connectivity index (χ3v) is 3.89. The second-order valence-corrected chi connectivity index (χ2v) is 5.34. The molecule has 4 heteroatoms. The van der Waals surface area contributed by atoms with Gasteiger partial charge >= 0.3 is 5.97 Å². The van der Waals surface area contributed by atoms with Crippen LogP contribution in [0.1, 0.15) is 20.9 Å². The zero-order chi connectivity index (χ0) is 13.9. The fourth-order valence-electron chi connectivity index (χ4n) is 1.87. The molecule has 0 saturated carbocycles. The summed E-state index contributed by atoms with van der Waals surface area (Å²) in [6.45, 7) is 0. The fraction of sp³-hybridized carbons (Fsp3) is 0. The Morgan fingerprint density at radius 3 is 2.50 bits per heavy atom. The monoisotopic (exact) mass is 281 g/mol. The lowest BCUT2D eigenvalue weighted by molar-refractivity contribution is 0.0697. The third-order valence-electron chi connectivity index (χ3n) is 2.89. The van der Waals surface area contributed by atoms with Crippen molar-refractivity contribution < 1.29 is 9.90 Å². The third kappa shape index (κ3) is 2.60. The number of thiazole rings is 1. The van der Waals surface area contributed by atoms with E-state index in [9.17, 15) is 4.79 Å². The van der Waals surface area contributed by atoms with Gasteiger partial charge in [0.1, 0.15) is 5.01 Å². The molecule has 0 spiro atoms. The van der Waals surface area contributed by atoms with Gasteiger partial charge in [-0.2, -0.15) is 0 Å². The van der Waals surface area contributed by atoms with Gasteiger partial charge in [0, 0.05) is 0 Å². The van der Waals surface area contributed by atoms with Crippen LogP contribution in [0.15, 0.2) is 48.5 Å². The van der Waals surface area contributed by atoms with Crippen molar-refractivity contribution >= 4 is 39.7 Å². The molecule has 2 aromatic carbocycles. The smallest absolute Gasteiger partial charge is 0.335 e. The molecule has 1 aromatic heterocycles. The van der Waals surface area contributed by atoms with Gasteiger partial charge in [-0.15, -0.1) is 11.3 Å². The van der Waals surface area contributed by atoms with E-state index in [1.54, 1.807) is 35.6 Å². The lowest BCUT2D eigenvalue weighted by atomic mass is 10.1. The lowest BCUT2D eigenvalue weighted by Gasteiger charge is -1.95. The largest absolute Gasteiger partial charge is 0.478 e. The summed E-state index contributed by atoms with van der Waals surface area (Å²) in [5.74, 6) is -0.910. The molecule has 0 atom stereocenters. The second kappa shape index (κ2) is 5.27. The maximum atomic E-state index is 10.8. The molecule has 0 aliphatic rings. The Bertz CT molecular complexity index is 755. The molecule has 0 radical (unpaired) electrons. The highest BCUT2D eigenvalue weighted by Crippen LogP contribution is 2.23. The van der Waals surface area contributed by atoms with Gasteiger partial charge in [-0.05, 0) is 35.9 Å². The first-order valence-electron chi connectivity index (χ1n) is 6.09. The highest BCUT2D eigenvalue weighted by molar-refractivity contribution is 7.19. The van der Waals surface area contributed by atoms with Crippen LogP contribution >= 0.6 is 11.3 Å². The van der Waals surface area contributed by atoms with Crippen LogP contribution in [0.25, 0.3) is 22.4 Å². The predicted molar refractivity (Wildman–Crippen MR) is 81.9 cm³/mol. The summed E-state index contributed by atoms with van der Waals surface area (Å²) in [4.78, 5) is 15.3. The normalized spacial score (nSPS) is 11.2. The van der Waals surface area contributed by atoms with Gasteiger partial charge in [-0.3, -0.25) is 0 Å². The summed E-state index contributed by atoms with van der Waals surface area (Å²) in [5.41, 5.74) is 2.25. The Balaban J connectivity index is 1.84. The van der Waals surface area contributed by atoms with E-state index in [0.29, 0.717) is 5.56 Å². The van der Waals surface area contributed by atoms with Crippen molar-refractivity contribution in [3.8, 4) is 0 Å². The number of carboxylic acid groups (broad SMARTS) is 1. The van der Waals surface area contributed by atoms with E-state index in [2.05, 4.69) is 4.98 Å². The van der Waals surface area contributed by atoms with E-state index in [-0.39, 0.29) is 0 Å². The van der Waals surface area contributed by atoms with Gasteiger partial charge in [-0.1, -0.05) is 30.3 Å². The molecule has 0 unspecified atom stereocenters. The Morgan fingerprint density at radius 2 is 1.80 bits per heavy atom. The minimum atomic E-state index is -0.910. The number of aromatic carboxylic acids is 1. The molecule has 98 valence electrons. The van der Waals surface area contributed by atoms with Crippen LogP contribution in [0.3, 0.4) is 0 Å². The van der Waals surface area contributed by atoms with Crippen LogP contribution in [0, 0.1) is 0 Å². The SMILES string of the molecule is O=C(O)c1ccc(C=Cc2nc3ccccc3s2)cc1. The number of para-hydroxylation sites is 1. The van der Waals surface area contributed by atoms with E-state index < -0.39 is 5.97 Å². The molecule has 0 aliphatic heterocycles. The molecule has 0 saturated heterocycles.